The van der Waals surface area contributed by atoms with Gasteiger partial charge in [0.1, 0.15) is 11.5 Å². The zero-order valence-electron chi connectivity index (χ0n) is 10.9. The first-order valence-electron chi connectivity index (χ1n) is 6.00. The molecule has 0 unspecified atom stereocenters. The molecule has 5 nitrogen and oxygen atoms in total. The van der Waals surface area contributed by atoms with Crippen molar-refractivity contribution in [3.63, 3.8) is 0 Å². The molecular formula is C12H17ClFN3O2. The van der Waals surface area contributed by atoms with Gasteiger partial charge in [-0.3, -0.25) is 10.1 Å². The lowest BCUT2D eigenvalue weighted by Crippen LogP contribution is -2.44. The maximum Gasteiger partial charge on any atom is 0.295 e. The van der Waals surface area contributed by atoms with E-state index < -0.39 is 16.3 Å². The van der Waals surface area contributed by atoms with Crippen LogP contribution in [0.3, 0.4) is 0 Å². The van der Waals surface area contributed by atoms with Gasteiger partial charge in [0.15, 0.2) is 0 Å². The van der Waals surface area contributed by atoms with Crippen LogP contribution in [0.1, 0.15) is 26.7 Å². The van der Waals surface area contributed by atoms with Crippen molar-refractivity contribution in [2.75, 3.05) is 11.9 Å². The number of nitro benzene ring substituents is 1. The first-order valence-corrected chi connectivity index (χ1v) is 6.38. The fourth-order valence-electron chi connectivity index (χ4n) is 1.84. The highest BCUT2D eigenvalue weighted by molar-refractivity contribution is 6.31. The van der Waals surface area contributed by atoms with Crippen LogP contribution < -0.4 is 11.1 Å². The molecule has 0 saturated carbocycles. The lowest BCUT2D eigenvalue weighted by atomic mass is 9.92. The van der Waals surface area contributed by atoms with E-state index in [-0.39, 0.29) is 16.4 Å². The zero-order chi connectivity index (χ0) is 14.6. The molecule has 0 atom stereocenters. The van der Waals surface area contributed by atoms with Gasteiger partial charge in [0.05, 0.1) is 16.0 Å². The second-order valence-electron chi connectivity index (χ2n) is 4.36. The predicted octanol–water partition coefficient (Wildman–Crippen LogP) is 3.32. The molecule has 0 aliphatic carbocycles. The standard InChI is InChI=1S/C12H17ClFN3O2/c1-3-12(4-2,7-15)16-10-5-8(13)9(14)6-11(10)17(18)19/h5-6,16H,3-4,7,15H2,1-2H3. The van der Waals surface area contributed by atoms with E-state index in [0.29, 0.717) is 19.4 Å². The maximum absolute atomic E-state index is 13.3. The van der Waals surface area contributed by atoms with E-state index in [1.54, 1.807) is 0 Å². The molecule has 1 aromatic carbocycles. The van der Waals surface area contributed by atoms with E-state index in [1.807, 2.05) is 13.8 Å². The van der Waals surface area contributed by atoms with E-state index in [4.69, 9.17) is 17.3 Å². The largest absolute Gasteiger partial charge is 0.373 e. The van der Waals surface area contributed by atoms with Gasteiger partial charge in [-0.1, -0.05) is 25.4 Å². The summed E-state index contributed by atoms with van der Waals surface area (Å²) >= 11 is 5.68. The van der Waals surface area contributed by atoms with Gasteiger partial charge >= 0.3 is 0 Å². The Kier molecular flexibility index (Phi) is 5.08. The third kappa shape index (κ3) is 3.33. The summed E-state index contributed by atoms with van der Waals surface area (Å²) in [4.78, 5) is 10.3. The summed E-state index contributed by atoms with van der Waals surface area (Å²) in [6, 6.07) is 2.04. The van der Waals surface area contributed by atoms with Crippen molar-refractivity contribution in [2.24, 2.45) is 5.73 Å². The topological polar surface area (TPSA) is 81.2 Å². The Labute approximate surface area is 116 Å². The van der Waals surface area contributed by atoms with Gasteiger partial charge < -0.3 is 11.1 Å². The monoisotopic (exact) mass is 289 g/mol. The molecule has 0 aliphatic heterocycles. The van der Waals surface area contributed by atoms with Crippen molar-refractivity contribution in [2.45, 2.75) is 32.2 Å². The van der Waals surface area contributed by atoms with Gasteiger partial charge in [-0.15, -0.1) is 0 Å². The van der Waals surface area contributed by atoms with Gasteiger partial charge in [-0.2, -0.15) is 0 Å². The summed E-state index contributed by atoms with van der Waals surface area (Å²) in [6.07, 6.45) is 1.37. The van der Waals surface area contributed by atoms with Crippen molar-refractivity contribution >= 4 is 23.0 Å². The quantitative estimate of drug-likeness (QED) is 0.622. The molecule has 0 radical (unpaired) electrons. The van der Waals surface area contributed by atoms with Crippen LogP contribution >= 0.6 is 11.6 Å². The molecule has 0 spiro atoms. The van der Waals surface area contributed by atoms with E-state index in [2.05, 4.69) is 5.32 Å². The van der Waals surface area contributed by atoms with Crippen molar-refractivity contribution < 1.29 is 9.31 Å². The van der Waals surface area contributed by atoms with Crippen LogP contribution in [0.25, 0.3) is 0 Å². The molecule has 1 aromatic rings. The van der Waals surface area contributed by atoms with Crippen LogP contribution in [0.15, 0.2) is 12.1 Å². The summed E-state index contributed by atoms with van der Waals surface area (Å²) in [5.74, 6) is -0.815. The molecule has 0 aromatic heterocycles. The Bertz CT molecular complexity index is 470. The smallest absolute Gasteiger partial charge is 0.295 e. The summed E-state index contributed by atoms with van der Waals surface area (Å²) in [7, 11) is 0. The number of nitrogens with zero attached hydrogens (tertiary/aromatic N) is 1. The Hall–Kier alpha value is -1.40. The number of halogens is 2. The van der Waals surface area contributed by atoms with Crippen LogP contribution in [0.5, 0.6) is 0 Å². The average molecular weight is 290 g/mol. The third-order valence-electron chi connectivity index (χ3n) is 3.38. The first kappa shape index (κ1) is 15.7. The highest BCUT2D eigenvalue weighted by Crippen LogP contribution is 2.33. The van der Waals surface area contributed by atoms with Gasteiger partial charge in [0, 0.05) is 12.1 Å². The second kappa shape index (κ2) is 6.16. The molecule has 1 rings (SSSR count). The van der Waals surface area contributed by atoms with E-state index in [9.17, 15) is 14.5 Å². The molecule has 7 heteroatoms. The van der Waals surface area contributed by atoms with Gasteiger partial charge in [-0.05, 0) is 18.9 Å². The molecular weight excluding hydrogens is 273 g/mol. The van der Waals surface area contributed by atoms with Crippen LogP contribution in [0.2, 0.25) is 5.02 Å². The Balaban J connectivity index is 3.26. The van der Waals surface area contributed by atoms with E-state index >= 15 is 0 Å². The van der Waals surface area contributed by atoms with Gasteiger partial charge in [0.2, 0.25) is 0 Å². The van der Waals surface area contributed by atoms with Crippen molar-refractivity contribution in [1.29, 1.82) is 0 Å². The Morgan fingerprint density at radius 2 is 2.05 bits per heavy atom. The van der Waals surface area contributed by atoms with Crippen molar-refractivity contribution in [3.05, 3.63) is 33.1 Å². The SMILES string of the molecule is CCC(CC)(CN)Nc1cc(Cl)c(F)cc1[N+](=O)[O-]. The molecule has 0 bridgehead atoms. The summed E-state index contributed by atoms with van der Waals surface area (Å²) in [5, 5.41) is 13.8. The number of hydrogen-bond donors (Lipinski definition) is 2. The molecule has 19 heavy (non-hydrogen) atoms. The summed E-state index contributed by atoms with van der Waals surface area (Å²) < 4.78 is 13.3. The minimum Gasteiger partial charge on any atom is -0.373 e. The van der Waals surface area contributed by atoms with Gasteiger partial charge in [-0.25, -0.2) is 4.39 Å². The molecule has 0 aliphatic rings. The Morgan fingerprint density at radius 3 is 2.47 bits per heavy atom. The minimum atomic E-state index is -0.815. The van der Waals surface area contributed by atoms with Crippen LogP contribution in [-0.2, 0) is 0 Å². The van der Waals surface area contributed by atoms with Gasteiger partial charge in [0.25, 0.3) is 5.69 Å². The number of nitro groups is 1. The van der Waals surface area contributed by atoms with Crippen molar-refractivity contribution in [1.82, 2.24) is 0 Å². The van der Waals surface area contributed by atoms with Crippen molar-refractivity contribution in [3.8, 4) is 0 Å². The molecule has 0 heterocycles. The normalized spacial score (nSPS) is 11.4. The molecule has 106 valence electrons. The summed E-state index contributed by atoms with van der Waals surface area (Å²) in [5.41, 5.74) is 5.10. The third-order valence-corrected chi connectivity index (χ3v) is 3.67. The van der Waals surface area contributed by atoms with E-state index in [1.165, 1.54) is 6.07 Å². The number of rotatable bonds is 6. The number of hydrogen-bond acceptors (Lipinski definition) is 4. The average Bonchev–Trinajstić information content (AvgIpc) is 2.39. The number of anilines is 1. The lowest BCUT2D eigenvalue weighted by molar-refractivity contribution is -0.384. The molecule has 3 N–H and O–H groups in total. The fourth-order valence-corrected chi connectivity index (χ4v) is 2.00. The number of benzene rings is 1. The predicted molar refractivity (Wildman–Crippen MR) is 74.1 cm³/mol. The maximum atomic E-state index is 13.3. The molecule has 0 amide bonds. The molecule has 0 saturated heterocycles. The molecule has 0 fully saturated rings. The number of nitrogens with two attached hydrogens (primary N) is 1. The first-order chi connectivity index (χ1) is 8.89. The minimum absolute atomic E-state index is 0.161. The Morgan fingerprint density at radius 1 is 1.47 bits per heavy atom. The highest BCUT2D eigenvalue weighted by Gasteiger charge is 2.28. The van der Waals surface area contributed by atoms with Crippen LogP contribution in [0, 0.1) is 15.9 Å². The highest BCUT2D eigenvalue weighted by atomic mass is 35.5. The van der Waals surface area contributed by atoms with Crippen LogP contribution in [-0.4, -0.2) is 17.0 Å². The second-order valence-corrected chi connectivity index (χ2v) is 4.76. The van der Waals surface area contributed by atoms with Crippen LogP contribution in [0.4, 0.5) is 15.8 Å². The number of nitrogens with one attached hydrogen (secondary N) is 1. The lowest BCUT2D eigenvalue weighted by Gasteiger charge is -2.32. The van der Waals surface area contributed by atoms with E-state index in [0.717, 1.165) is 6.07 Å². The summed E-state index contributed by atoms with van der Waals surface area (Å²) in [6.45, 7) is 4.17. The zero-order valence-corrected chi connectivity index (χ0v) is 11.6. The fraction of sp³-hybridized carbons (Fsp3) is 0.500.